The van der Waals surface area contributed by atoms with Crippen LogP contribution < -0.4 is 14.4 Å². The first-order valence-electron chi connectivity index (χ1n) is 6.78. The number of anilines is 2. The first kappa shape index (κ1) is 15.1. The highest BCUT2D eigenvalue weighted by Gasteiger charge is 2.43. The van der Waals surface area contributed by atoms with Crippen molar-refractivity contribution >= 4 is 17.5 Å². The average Bonchev–Trinajstić information content (AvgIpc) is 2.70. The number of carbonyl (C=O) groups is 1. The zero-order valence-electron chi connectivity index (χ0n) is 12.6. The van der Waals surface area contributed by atoms with E-state index in [0.29, 0.717) is 17.1 Å². The van der Waals surface area contributed by atoms with Gasteiger partial charge in [-0.2, -0.15) is 0 Å². The Balaban J connectivity index is 2.05. The molecule has 0 radical (unpaired) electrons. The first-order valence-corrected chi connectivity index (χ1v) is 6.78. The summed E-state index contributed by atoms with van der Waals surface area (Å²) in [6.07, 6.45) is -3.71. The van der Waals surface area contributed by atoms with Crippen LogP contribution in [0.25, 0.3) is 0 Å². The van der Waals surface area contributed by atoms with Crippen molar-refractivity contribution in [2.75, 3.05) is 4.90 Å². The third kappa shape index (κ3) is 2.92. The third-order valence-corrected chi connectivity index (χ3v) is 3.13. The van der Waals surface area contributed by atoms with E-state index in [-0.39, 0.29) is 23.4 Å². The minimum absolute atomic E-state index is 0.0939. The van der Waals surface area contributed by atoms with Gasteiger partial charge in [-0.15, -0.1) is 8.78 Å². The largest absolute Gasteiger partial charge is 0.586 e. The Morgan fingerprint density at radius 2 is 1.70 bits per heavy atom. The molecule has 3 rings (SSSR count). The molecule has 1 aliphatic heterocycles. The second-order valence-electron chi connectivity index (χ2n) is 5.10. The molecule has 2 heterocycles. The van der Waals surface area contributed by atoms with Crippen LogP contribution in [0.5, 0.6) is 11.5 Å². The van der Waals surface area contributed by atoms with Crippen LogP contribution in [0.1, 0.15) is 18.3 Å². The van der Waals surface area contributed by atoms with Crippen molar-refractivity contribution < 1.29 is 23.0 Å². The molecule has 1 amide bonds. The van der Waals surface area contributed by atoms with Gasteiger partial charge in [0, 0.05) is 24.4 Å². The van der Waals surface area contributed by atoms with Crippen LogP contribution in [0, 0.1) is 13.8 Å². The van der Waals surface area contributed by atoms with Gasteiger partial charge in [0.15, 0.2) is 11.5 Å². The van der Waals surface area contributed by atoms with Gasteiger partial charge in [-0.05, 0) is 32.0 Å². The Labute approximate surface area is 130 Å². The van der Waals surface area contributed by atoms with Crippen molar-refractivity contribution in [2.24, 2.45) is 0 Å². The summed E-state index contributed by atoms with van der Waals surface area (Å²) in [5.41, 5.74) is 1.68. The van der Waals surface area contributed by atoms with Crippen LogP contribution in [0.4, 0.5) is 20.4 Å². The van der Waals surface area contributed by atoms with Gasteiger partial charge in [0.05, 0.1) is 5.69 Å². The number of nitrogens with zero attached hydrogens (tertiary/aromatic N) is 3. The molecule has 0 fully saturated rings. The predicted octanol–water partition coefficient (Wildman–Crippen LogP) is 3.10. The highest BCUT2D eigenvalue weighted by Crippen LogP contribution is 2.43. The topological polar surface area (TPSA) is 64.6 Å². The number of ether oxygens (including phenoxy) is 2. The molecular formula is C15H13F2N3O3. The lowest BCUT2D eigenvalue weighted by atomic mass is 10.2. The fraction of sp³-hybridized carbons (Fsp3) is 0.267. The molecule has 0 aliphatic carbocycles. The number of fused-ring (bicyclic) bond motifs is 1. The number of rotatable bonds is 2. The second kappa shape index (κ2) is 5.15. The fourth-order valence-electron chi connectivity index (χ4n) is 2.32. The van der Waals surface area contributed by atoms with E-state index in [0.717, 1.165) is 0 Å². The molecule has 1 aromatic heterocycles. The minimum atomic E-state index is -3.71. The number of carbonyl (C=O) groups excluding carboxylic acids is 1. The molecule has 2 aromatic rings. The van der Waals surface area contributed by atoms with Crippen LogP contribution >= 0.6 is 0 Å². The normalized spacial score (nSPS) is 14.7. The maximum absolute atomic E-state index is 13.1. The van der Waals surface area contributed by atoms with E-state index in [1.807, 2.05) is 0 Å². The van der Waals surface area contributed by atoms with Crippen LogP contribution in [-0.2, 0) is 4.79 Å². The average molecular weight is 321 g/mol. The summed E-state index contributed by atoms with van der Waals surface area (Å²) in [5.74, 6) is -0.437. The van der Waals surface area contributed by atoms with Gasteiger partial charge in [0.1, 0.15) is 0 Å². The summed E-state index contributed by atoms with van der Waals surface area (Å²) in [5, 5.41) is 0. The second-order valence-corrected chi connectivity index (χ2v) is 5.10. The smallest absolute Gasteiger partial charge is 0.395 e. The molecular weight excluding hydrogens is 308 g/mol. The van der Waals surface area contributed by atoms with Crippen LogP contribution in [-0.4, -0.2) is 22.2 Å². The van der Waals surface area contributed by atoms with Crippen LogP contribution in [0.15, 0.2) is 24.3 Å². The van der Waals surface area contributed by atoms with Gasteiger partial charge >= 0.3 is 6.29 Å². The number of aromatic nitrogens is 2. The fourth-order valence-corrected chi connectivity index (χ4v) is 2.32. The molecule has 1 aliphatic rings. The quantitative estimate of drug-likeness (QED) is 0.850. The van der Waals surface area contributed by atoms with Crippen molar-refractivity contribution in [3.8, 4) is 11.5 Å². The molecule has 0 bridgehead atoms. The van der Waals surface area contributed by atoms with E-state index < -0.39 is 6.29 Å². The monoisotopic (exact) mass is 321 g/mol. The van der Waals surface area contributed by atoms with E-state index in [1.165, 1.54) is 30.0 Å². The highest BCUT2D eigenvalue weighted by atomic mass is 19.3. The van der Waals surface area contributed by atoms with E-state index in [2.05, 4.69) is 19.4 Å². The lowest BCUT2D eigenvalue weighted by Gasteiger charge is -2.20. The Kier molecular flexibility index (Phi) is 3.39. The number of hydrogen-bond donors (Lipinski definition) is 0. The maximum Gasteiger partial charge on any atom is 0.586 e. The molecule has 0 atom stereocenters. The Morgan fingerprint density at radius 3 is 2.30 bits per heavy atom. The Hall–Kier alpha value is -2.77. The van der Waals surface area contributed by atoms with E-state index in [4.69, 9.17) is 0 Å². The predicted molar refractivity (Wildman–Crippen MR) is 77.0 cm³/mol. The third-order valence-electron chi connectivity index (χ3n) is 3.13. The summed E-state index contributed by atoms with van der Waals surface area (Å²) < 4.78 is 35.0. The van der Waals surface area contributed by atoms with E-state index in [1.54, 1.807) is 19.9 Å². The summed E-state index contributed by atoms with van der Waals surface area (Å²) >= 11 is 0. The van der Waals surface area contributed by atoms with Crippen molar-refractivity contribution in [2.45, 2.75) is 27.1 Å². The number of hydrogen-bond acceptors (Lipinski definition) is 5. The van der Waals surface area contributed by atoms with Gasteiger partial charge < -0.3 is 9.47 Å². The van der Waals surface area contributed by atoms with Crippen LogP contribution in [0.2, 0.25) is 0 Å². The molecule has 0 N–H and O–H groups in total. The van der Waals surface area contributed by atoms with Gasteiger partial charge in [-0.3, -0.25) is 4.79 Å². The van der Waals surface area contributed by atoms with Crippen molar-refractivity contribution in [3.63, 3.8) is 0 Å². The molecule has 0 spiro atoms. The summed E-state index contributed by atoms with van der Waals surface area (Å²) in [6.45, 7) is 4.88. The molecule has 6 nitrogen and oxygen atoms in total. The van der Waals surface area contributed by atoms with Gasteiger partial charge in [0.2, 0.25) is 11.9 Å². The standard InChI is InChI=1S/C15H13F2N3O3/c1-8-6-9(2)19-14(18-8)20(10(3)21)11-4-5-12-13(7-11)23-15(16,17)22-12/h4-7H,1-3H3. The van der Waals surface area contributed by atoms with Gasteiger partial charge in [-0.25, -0.2) is 14.9 Å². The highest BCUT2D eigenvalue weighted by molar-refractivity contribution is 5.97. The van der Waals surface area contributed by atoms with E-state index >= 15 is 0 Å². The van der Waals surface area contributed by atoms with Crippen molar-refractivity contribution in [1.29, 1.82) is 0 Å². The number of halogens is 2. The Bertz CT molecular complexity index is 775. The summed E-state index contributed by atoms with van der Waals surface area (Å²) in [4.78, 5) is 21.7. The van der Waals surface area contributed by atoms with Gasteiger partial charge in [0.25, 0.3) is 0 Å². The van der Waals surface area contributed by atoms with Crippen molar-refractivity contribution in [3.05, 3.63) is 35.7 Å². The molecule has 0 unspecified atom stereocenters. The molecule has 23 heavy (non-hydrogen) atoms. The number of alkyl halides is 2. The SMILES string of the molecule is CC(=O)N(c1ccc2c(c1)OC(F)(F)O2)c1nc(C)cc(C)n1. The molecule has 120 valence electrons. The Morgan fingerprint density at radius 1 is 1.09 bits per heavy atom. The lowest BCUT2D eigenvalue weighted by molar-refractivity contribution is -0.286. The summed E-state index contributed by atoms with van der Waals surface area (Å²) in [6, 6.07) is 5.83. The number of benzene rings is 1. The molecule has 1 aromatic carbocycles. The number of amides is 1. The lowest BCUT2D eigenvalue weighted by Crippen LogP contribution is -2.26. The van der Waals surface area contributed by atoms with Gasteiger partial charge in [-0.1, -0.05) is 0 Å². The molecule has 8 heteroatoms. The zero-order valence-corrected chi connectivity index (χ0v) is 12.6. The maximum atomic E-state index is 13.1. The zero-order chi connectivity index (χ0) is 16.8. The molecule has 0 saturated carbocycles. The number of aryl methyl sites for hydroxylation is 2. The minimum Gasteiger partial charge on any atom is -0.395 e. The van der Waals surface area contributed by atoms with Crippen molar-refractivity contribution in [1.82, 2.24) is 9.97 Å². The summed E-state index contributed by atoms with van der Waals surface area (Å²) in [7, 11) is 0. The van der Waals surface area contributed by atoms with E-state index in [9.17, 15) is 13.6 Å². The molecule has 0 saturated heterocycles. The van der Waals surface area contributed by atoms with Crippen LogP contribution in [0.3, 0.4) is 0 Å². The first-order chi connectivity index (χ1) is 10.7.